The van der Waals surface area contributed by atoms with E-state index in [-0.39, 0.29) is 12.4 Å². The third-order valence-electron chi connectivity index (χ3n) is 7.64. The van der Waals surface area contributed by atoms with Crippen molar-refractivity contribution in [3.05, 3.63) is 23.8 Å². The van der Waals surface area contributed by atoms with Gasteiger partial charge < -0.3 is 14.5 Å². The minimum atomic E-state index is 0. The van der Waals surface area contributed by atoms with Gasteiger partial charge in [-0.05, 0) is 72.7 Å². The molecule has 5 heteroatoms. The van der Waals surface area contributed by atoms with Crippen LogP contribution in [0.3, 0.4) is 0 Å². The van der Waals surface area contributed by atoms with Gasteiger partial charge in [-0.15, -0.1) is 12.4 Å². The summed E-state index contributed by atoms with van der Waals surface area (Å²) >= 11 is 0. The monoisotopic (exact) mass is 463 g/mol. The highest BCUT2D eigenvalue weighted by Crippen LogP contribution is 2.53. The number of piperazine rings is 1. The average Bonchev–Trinajstić information content (AvgIpc) is 2.73. The number of hydrogen-bond acceptors (Lipinski definition) is 4. The first kappa shape index (κ1) is 25.6. The zero-order valence-corrected chi connectivity index (χ0v) is 22.0. The molecule has 1 aromatic rings. The van der Waals surface area contributed by atoms with E-state index < -0.39 is 0 Å². The number of halogens is 1. The van der Waals surface area contributed by atoms with Crippen LogP contribution in [0.4, 0.5) is 11.4 Å². The molecule has 0 atom stereocenters. The Morgan fingerprint density at radius 3 is 2.09 bits per heavy atom. The lowest BCUT2D eigenvalue weighted by Crippen LogP contribution is -2.47. The predicted octanol–water partition coefficient (Wildman–Crippen LogP) is 5.80. The fraction of sp³-hybridized carbons (Fsp3) is 0.778. The first-order valence-corrected chi connectivity index (χ1v) is 12.7. The fourth-order valence-corrected chi connectivity index (χ4v) is 6.77. The second-order valence-electron chi connectivity index (χ2n) is 11.8. The topological polar surface area (TPSA) is 19.0 Å². The average molecular weight is 464 g/mol. The van der Waals surface area contributed by atoms with Gasteiger partial charge in [0, 0.05) is 50.6 Å². The molecule has 2 heterocycles. The Morgan fingerprint density at radius 2 is 1.50 bits per heavy atom. The van der Waals surface area contributed by atoms with Crippen molar-refractivity contribution in [3.8, 4) is 0 Å². The van der Waals surface area contributed by atoms with E-state index in [1.165, 1.54) is 56.7 Å². The molecule has 182 valence electrons. The molecule has 2 saturated heterocycles. The smallest absolute Gasteiger partial charge is 0.0642 e. The Balaban J connectivity index is 0.00000289. The first-order chi connectivity index (χ1) is 14.8. The summed E-state index contributed by atoms with van der Waals surface area (Å²) in [7, 11) is 0. The highest BCUT2D eigenvalue weighted by molar-refractivity contribution is 5.85. The van der Waals surface area contributed by atoms with Gasteiger partial charge in [0.2, 0.25) is 0 Å². The van der Waals surface area contributed by atoms with Crippen molar-refractivity contribution in [3.63, 3.8) is 0 Å². The van der Waals surface area contributed by atoms with E-state index in [2.05, 4.69) is 67.5 Å². The summed E-state index contributed by atoms with van der Waals surface area (Å²) in [5, 5.41) is 0. The summed E-state index contributed by atoms with van der Waals surface area (Å²) in [6.45, 7) is 21.9. The largest absolute Gasteiger partial charge is 0.378 e. The van der Waals surface area contributed by atoms with Crippen LogP contribution in [0, 0.1) is 10.8 Å². The lowest BCUT2D eigenvalue weighted by Gasteiger charge is -2.46. The molecular weight excluding hydrogens is 418 g/mol. The third-order valence-corrected chi connectivity index (χ3v) is 7.64. The van der Waals surface area contributed by atoms with Gasteiger partial charge in [0.15, 0.2) is 0 Å². The number of morpholine rings is 1. The van der Waals surface area contributed by atoms with Crippen LogP contribution in [-0.4, -0.2) is 63.9 Å². The molecule has 4 rings (SSSR count). The Labute approximate surface area is 203 Å². The van der Waals surface area contributed by atoms with Gasteiger partial charge >= 0.3 is 0 Å². The van der Waals surface area contributed by atoms with Gasteiger partial charge in [0.25, 0.3) is 0 Å². The lowest BCUT2D eigenvalue weighted by atomic mass is 9.60. The van der Waals surface area contributed by atoms with Crippen molar-refractivity contribution < 1.29 is 4.74 Å². The summed E-state index contributed by atoms with van der Waals surface area (Å²) in [6.07, 6.45) is 5.17. The molecule has 0 aromatic heterocycles. The van der Waals surface area contributed by atoms with Crippen LogP contribution in [-0.2, 0) is 4.74 Å². The van der Waals surface area contributed by atoms with Crippen LogP contribution < -0.4 is 9.80 Å². The van der Waals surface area contributed by atoms with Gasteiger partial charge in [-0.1, -0.05) is 34.6 Å². The van der Waals surface area contributed by atoms with Crippen LogP contribution in [0.2, 0.25) is 0 Å². The summed E-state index contributed by atoms with van der Waals surface area (Å²) in [5.41, 5.74) is 5.31. The number of benzene rings is 1. The summed E-state index contributed by atoms with van der Waals surface area (Å²) in [5.74, 6) is 0.642. The van der Waals surface area contributed by atoms with E-state index in [4.69, 9.17) is 4.74 Å². The van der Waals surface area contributed by atoms with E-state index in [1.807, 2.05) is 0 Å². The van der Waals surface area contributed by atoms with Gasteiger partial charge in [-0.25, -0.2) is 0 Å². The normalized spacial score (nSPS) is 24.3. The maximum atomic E-state index is 5.62. The van der Waals surface area contributed by atoms with Gasteiger partial charge in [0.1, 0.15) is 0 Å². The molecule has 3 aliphatic rings. The highest BCUT2D eigenvalue weighted by Gasteiger charge is 2.40. The second kappa shape index (κ2) is 10.5. The molecule has 1 saturated carbocycles. The third kappa shape index (κ3) is 6.12. The van der Waals surface area contributed by atoms with Crippen molar-refractivity contribution in [1.29, 1.82) is 0 Å². The quantitative estimate of drug-likeness (QED) is 0.549. The van der Waals surface area contributed by atoms with Gasteiger partial charge in [-0.3, -0.25) is 4.90 Å². The van der Waals surface area contributed by atoms with E-state index in [0.717, 1.165) is 39.4 Å². The summed E-state index contributed by atoms with van der Waals surface area (Å²) < 4.78 is 5.62. The molecule has 3 fully saturated rings. The molecule has 0 N–H and O–H groups in total. The molecule has 0 amide bonds. The molecule has 0 unspecified atom stereocenters. The Morgan fingerprint density at radius 1 is 0.875 bits per heavy atom. The first-order valence-electron chi connectivity index (χ1n) is 12.7. The van der Waals surface area contributed by atoms with Crippen molar-refractivity contribution in [2.45, 2.75) is 66.2 Å². The number of hydrogen-bond donors (Lipinski definition) is 0. The van der Waals surface area contributed by atoms with Crippen molar-refractivity contribution in [1.82, 2.24) is 4.90 Å². The van der Waals surface area contributed by atoms with E-state index >= 15 is 0 Å². The van der Waals surface area contributed by atoms with Gasteiger partial charge in [-0.2, -0.15) is 0 Å². The molecular formula is C27H46ClN3O. The molecule has 32 heavy (non-hydrogen) atoms. The Hall–Kier alpha value is -0.970. The molecule has 1 aliphatic carbocycles. The molecule has 0 spiro atoms. The number of nitrogens with zero attached hydrogens (tertiary/aromatic N) is 3. The predicted molar refractivity (Wildman–Crippen MR) is 140 cm³/mol. The maximum Gasteiger partial charge on any atom is 0.0642 e. The molecule has 2 aliphatic heterocycles. The Kier molecular flexibility index (Phi) is 8.44. The highest BCUT2D eigenvalue weighted by atomic mass is 35.5. The number of anilines is 2. The van der Waals surface area contributed by atoms with E-state index in [9.17, 15) is 0 Å². The Bertz CT molecular complexity index is 720. The van der Waals surface area contributed by atoms with E-state index in [1.54, 1.807) is 5.56 Å². The van der Waals surface area contributed by atoms with Crippen molar-refractivity contribution in [2.75, 3.05) is 68.8 Å². The number of rotatable bonds is 5. The van der Waals surface area contributed by atoms with Crippen LogP contribution in [0.5, 0.6) is 0 Å². The lowest BCUT2D eigenvalue weighted by molar-refractivity contribution is 0.0969. The van der Waals surface area contributed by atoms with Crippen LogP contribution >= 0.6 is 12.4 Å². The van der Waals surface area contributed by atoms with Crippen LogP contribution in [0.15, 0.2) is 18.2 Å². The number of ether oxygens (including phenoxy) is 1. The fourth-order valence-electron chi connectivity index (χ4n) is 6.77. The molecule has 1 aromatic carbocycles. The molecule has 0 bridgehead atoms. The maximum absolute atomic E-state index is 5.62. The molecule has 0 radical (unpaired) electrons. The SMILES string of the molecule is CCCN1CCN(c2ccc(N3CCOCC3)cc2C2CC(C)(C)CC(C)(C)C2)CC1.Cl. The van der Waals surface area contributed by atoms with Crippen molar-refractivity contribution in [2.24, 2.45) is 10.8 Å². The van der Waals surface area contributed by atoms with Crippen LogP contribution in [0.1, 0.15) is 71.8 Å². The van der Waals surface area contributed by atoms with E-state index in [0.29, 0.717) is 16.7 Å². The minimum absolute atomic E-state index is 0. The van der Waals surface area contributed by atoms with Crippen molar-refractivity contribution >= 4 is 23.8 Å². The summed E-state index contributed by atoms with van der Waals surface area (Å²) in [6, 6.07) is 7.38. The second-order valence-corrected chi connectivity index (χ2v) is 11.8. The zero-order valence-electron chi connectivity index (χ0n) is 21.2. The minimum Gasteiger partial charge on any atom is -0.378 e. The summed E-state index contributed by atoms with van der Waals surface area (Å²) in [4.78, 5) is 7.83. The van der Waals surface area contributed by atoms with Gasteiger partial charge in [0.05, 0.1) is 13.2 Å². The zero-order chi connectivity index (χ0) is 22.1. The standard InChI is InChI=1S/C27H45N3O.ClH/c1-6-9-28-10-12-30(13-11-28)25-8-7-23(29-14-16-31-17-15-29)18-24(25)22-19-26(2,3)21-27(4,5)20-22;/h7-8,18,22H,6,9-17,19-21H2,1-5H3;1H. The molecule has 4 nitrogen and oxygen atoms in total. The van der Waals surface area contributed by atoms with Crippen LogP contribution in [0.25, 0.3) is 0 Å².